The molecule has 1 aliphatic rings. The fourth-order valence-corrected chi connectivity index (χ4v) is 2.63. The zero-order chi connectivity index (χ0) is 13.2. The highest BCUT2D eigenvalue weighted by molar-refractivity contribution is 5.85. The number of hydrogen-bond donors (Lipinski definition) is 3. The van der Waals surface area contributed by atoms with Crippen LogP contribution >= 0.6 is 12.4 Å². The van der Waals surface area contributed by atoms with Crippen molar-refractivity contribution in [2.24, 2.45) is 11.7 Å². The Morgan fingerprint density at radius 2 is 1.79 bits per heavy atom. The van der Waals surface area contributed by atoms with Crippen molar-refractivity contribution in [2.75, 3.05) is 0 Å². The van der Waals surface area contributed by atoms with E-state index < -0.39 is 11.8 Å². The van der Waals surface area contributed by atoms with Gasteiger partial charge in [0.25, 0.3) is 0 Å². The van der Waals surface area contributed by atoms with E-state index in [-0.39, 0.29) is 18.3 Å². The van der Waals surface area contributed by atoms with Crippen LogP contribution in [0.4, 0.5) is 0 Å². The van der Waals surface area contributed by atoms with Gasteiger partial charge >= 0.3 is 0 Å². The van der Waals surface area contributed by atoms with Crippen LogP contribution in [0.3, 0.4) is 0 Å². The number of aldehydes is 1. The summed E-state index contributed by atoms with van der Waals surface area (Å²) in [6, 6.07) is 6.34. The first-order valence-electron chi connectivity index (χ1n) is 6.30. The molecule has 106 valence electrons. The molecule has 4 nitrogen and oxygen atoms in total. The Hall–Kier alpha value is -0.940. The number of nitrogens with two attached hydrogens (primary N) is 1. The quantitative estimate of drug-likeness (QED) is 0.579. The van der Waals surface area contributed by atoms with Gasteiger partial charge in [-0.3, -0.25) is 10.5 Å². The summed E-state index contributed by atoms with van der Waals surface area (Å²) in [5.74, 6) is 0.0470. The smallest absolute Gasteiger partial charge is 0.166 e. The van der Waals surface area contributed by atoms with Gasteiger partial charge in [0.2, 0.25) is 0 Å². The van der Waals surface area contributed by atoms with E-state index in [9.17, 15) is 15.0 Å². The van der Waals surface area contributed by atoms with E-state index >= 15 is 0 Å². The minimum Gasteiger partial charge on any atom is -0.388 e. The first-order valence-corrected chi connectivity index (χ1v) is 6.30. The second-order valence-electron chi connectivity index (χ2n) is 5.05. The largest absolute Gasteiger partial charge is 0.388 e. The van der Waals surface area contributed by atoms with Crippen molar-refractivity contribution in [3.63, 3.8) is 0 Å². The van der Waals surface area contributed by atoms with Crippen molar-refractivity contribution in [1.29, 1.82) is 0 Å². The summed E-state index contributed by atoms with van der Waals surface area (Å²) in [6.45, 7) is 0. The first kappa shape index (κ1) is 16.1. The van der Waals surface area contributed by atoms with Crippen molar-refractivity contribution >= 4 is 18.7 Å². The fourth-order valence-electron chi connectivity index (χ4n) is 2.63. The molecule has 0 aromatic heterocycles. The lowest BCUT2D eigenvalue weighted by Gasteiger charge is -2.33. The van der Waals surface area contributed by atoms with Crippen LogP contribution in [0.25, 0.3) is 0 Å². The van der Waals surface area contributed by atoms with Crippen LogP contribution < -0.4 is 5.73 Å². The number of carbonyl (C=O) groups is 1. The summed E-state index contributed by atoms with van der Waals surface area (Å²) in [7, 11) is 0. The van der Waals surface area contributed by atoms with Crippen LogP contribution in [0.15, 0.2) is 24.3 Å². The maximum Gasteiger partial charge on any atom is 0.166 e. The van der Waals surface area contributed by atoms with E-state index in [1.165, 1.54) is 0 Å². The maximum absolute atomic E-state index is 10.6. The minimum absolute atomic E-state index is 0. The molecule has 0 bridgehead atoms. The molecule has 0 amide bonds. The molecule has 1 fully saturated rings. The van der Waals surface area contributed by atoms with Gasteiger partial charge in [0, 0.05) is 11.1 Å². The van der Waals surface area contributed by atoms with Gasteiger partial charge in [-0.2, -0.15) is 0 Å². The van der Waals surface area contributed by atoms with Crippen LogP contribution in [-0.4, -0.2) is 22.6 Å². The molecule has 0 radical (unpaired) electrons. The number of rotatable bonds is 4. The Bertz CT molecular complexity index is 413. The van der Waals surface area contributed by atoms with Gasteiger partial charge in [0.15, 0.2) is 5.72 Å². The lowest BCUT2D eigenvalue weighted by atomic mass is 9.87. The highest BCUT2D eigenvalue weighted by atomic mass is 35.5. The Labute approximate surface area is 119 Å². The lowest BCUT2D eigenvalue weighted by molar-refractivity contribution is -0.102. The second-order valence-corrected chi connectivity index (χ2v) is 5.05. The SMILES string of the molecule is Cl.N[C@](O)(c1ccc(C=O)cc1)[C@@H](O)C1CCCC1. The van der Waals surface area contributed by atoms with Crippen LogP contribution in [0.1, 0.15) is 41.6 Å². The molecule has 1 aromatic rings. The van der Waals surface area contributed by atoms with E-state index in [1.54, 1.807) is 24.3 Å². The summed E-state index contributed by atoms with van der Waals surface area (Å²) < 4.78 is 0. The van der Waals surface area contributed by atoms with E-state index in [2.05, 4.69) is 0 Å². The zero-order valence-corrected chi connectivity index (χ0v) is 11.5. The number of aliphatic hydroxyl groups excluding tert-OH is 1. The minimum atomic E-state index is -1.75. The number of benzene rings is 1. The third-order valence-electron chi connectivity index (χ3n) is 3.81. The van der Waals surface area contributed by atoms with E-state index in [0.717, 1.165) is 32.0 Å². The number of hydrogen-bond acceptors (Lipinski definition) is 4. The van der Waals surface area contributed by atoms with Crippen LogP contribution in [0.5, 0.6) is 0 Å². The highest BCUT2D eigenvalue weighted by Crippen LogP contribution is 2.34. The summed E-state index contributed by atoms with van der Waals surface area (Å²) in [5.41, 5.74) is 5.07. The Morgan fingerprint density at radius 3 is 2.26 bits per heavy atom. The van der Waals surface area contributed by atoms with Gasteiger partial charge in [-0.1, -0.05) is 37.1 Å². The molecule has 1 saturated carbocycles. The van der Waals surface area contributed by atoms with E-state index in [1.807, 2.05) is 0 Å². The molecule has 5 heteroatoms. The van der Waals surface area contributed by atoms with Crippen LogP contribution in [-0.2, 0) is 5.72 Å². The third-order valence-corrected chi connectivity index (χ3v) is 3.81. The predicted octanol–water partition coefficient (Wildman–Crippen LogP) is 1.58. The van der Waals surface area contributed by atoms with E-state index in [0.29, 0.717) is 11.1 Å². The molecule has 1 aromatic carbocycles. The second kappa shape index (κ2) is 6.48. The standard InChI is InChI=1S/C14H19NO3.ClH/c15-14(18,13(17)11-3-1-2-4-11)12-7-5-10(9-16)6-8-12;/h5-9,11,13,17-18H,1-4,15H2;1H/t13-,14-;/m0./s1. The Morgan fingerprint density at radius 1 is 1.26 bits per heavy atom. The zero-order valence-electron chi connectivity index (χ0n) is 10.7. The molecular formula is C14H20ClNO3. The predicted molar refractivity (Wildman–Crippen MR) is 75.1 cm³/mol. The first-order chi connectivity index (χ1) is 8.55. The molecule has 0 spiro atoms. The van der Waals surface area contributed by atoms with Crippen molar-refractivity contribution in [2.45, 2.75) is 37.5 Å². The molecule has 1 aliphatic carbocycles. The van der Waals surface area contributed by atoms with Gasteiger partial charge in [0.05, 0.1) is 0 Å². The summed E-state index contributed by atoms with van der Waals surface area (Å²) >= 11 is 0. The van der Waals surface area contributed by atoms with Crippen LogP contribution in [0.2, 0.25) is 0 Å². The number of aliphatic hydroxyl groups is 2. The van der Waals surface area contributed by atoms with Gasteiger partial charge in [-0.05, 0) is 18.8 Å². The molecule has 0 saturated heterocycles. The molecule has 0 unspecified atom stereocenters. The molecule has 19 heavy (non-hydrogen) atoms. The normalized spacial score (nSPS) is 20.4. The lowest BCUT2D eigenvalue weighted by Crippen LogP contribution is -2.50. The summed E-state index contributed by atoms with van der Waals surface area (Å²) in [4.78, 5) is 10.6. The maximum atomic E-state index is 10.6. The monoisotopic (exact) mass is 285 g/mol. The summed E-state index contributed by atoms with van der Waals surface area (Å²) in [5, 5.41) is 20.5. The van der Waals surface area contributed by atoms with Crippen molar-refractivity contribution in [3.8, 4) is 0 Å². The Kier molecular flexibility index (Phi) is 5.50. The molecule has 0 heterocycles. The van der Waals surface area contributed by atoms with Crippen molar-refractivity contribution in [1.82, 2.24) is 0 Å². The molecular weight excluding hydrogens is 266 g/mol. The average molecular weight is 286 g/mol. The average Bonchev–Trinajstić information content (AvgIpc) is 2.91. The van der Waals surface area contributed by atoms with Crippen LogP contribution in [0, 0.1) is 5.92 Å². The number of halogens is 1. The van der Waals surface area contributed by atoms with E-state index in [4.69, 9.17) is 5.73 Å². The molecule has 2 rings (SSSR count). The van der Waals surface area contributed by atoms with Crippen molar-refractivity contribution < 1.29 is 15.0 Å². The van der Waals surface area contributed by atoms with Gasteiger partial charge in [-0.15, -0.1) is 12.4 Å². The molecule has 0 aliphatic heterocycles. The summed E-state index contributed by atoms with van der Waals surface area (Å²) in [6.07, 6.45) is 3.69. The molecule has 2 atom stereocenters. The van der Waals surface area contributed by atoms with Gasteiger partial charge in [-0.25, -0.2) is 0 Å². The van der Waals surface area contributed by atoms with Crippen molar-refractivity contribution in [3.05, 3.63) is 35.4 Å². The van der Waals surface area contributed by atoms with Gasteiger partial charge < -0.3 is 10.2 Å². The highest BCUT2D eigenvalue weighted by Gasteiger charge is 2.39. The third kappa shape index (κ3) is 3.34. The topological polar surface area (TPSA) is 83.5 Å². The molecule has 4 N–H and O–H groups in total. The Balaban J connectivity index is 0.00000180. The van der Waals surface area contributed by atoms with Gasteiger partial charge in [0.1, 0.15) is 12.4 Å². The fraction of sp³-hybridized carbons (Fsp3) is 0.500. The number of carbonyl (C=O) groups excluding carboxylic acids is 1.